The second-order valence-electron chi connectivity index (χ2n) is 6.13. The smallest absolute Gasteiger partial charge is 0.264 e. The van der Waals surface area contributed by atoms with E-state index in [0.29, 0.717) is 11.4 Å². The number of halogens is 2. The fraction of sp³-hybridized carbons (Fsp3) is 0.400. The molecule has 2 rings (SSSR count). The van der Waals surface area contributed by atoms with Crippen LogP contribution in [0.5, 0.6) is 0 Å². The first-order valence-corrected chi connectivity index (χ1v) is 9.87. The molecular formula is C20H24F2N2O2S. The summed E-state index contributed by atoms with van der Waals surface area (Å²) in [7, 11) is 0. The Morgan fingerprint density at radius 1 is 1.15 bits per heavy atom. The van der Waals surface area contributed by atoms with Crippen molar-refractivity contribution in [1.29, 1.82) is 0 Å². The number of hydrogen-bond acceptors (Lipinski definition) is 3. The third kappa shape index (κ3) is 5.13. The number of anilines is 1. The fourth-order valence-electron chi connectivity index (χ4n) is 2.76. The molecule has 1 N–H and O–H groups in total. The maximum Gasteiger partial charge on any atom is 0.264 e. The van der Waals surface area contributed by atoms with Gasteiger partial charge < -0.3 is 10.2 Å². The van der Waals surface area contributed by atoms with E-state index in [-0.39, 0.29) is 12.5 Å². The molecule has 0 aliphatic heterocycles. The number of rotatable bonds is 8. The van der Waals surface area contributed by atoms with Crippen LogP contribution in [-0.4, -0.2) is 29.8 Å². The second-order valence-corrected chi connectivity index (χ2v) is 7.26. The predicted molar refractivity (Wildman–Crippen MR) is 104 cm³/mol. The molecule has 0 aliphatic rings. The van der Waals surface area contributed by atoms with Gasteiger partial charge in [-0.1, -0.05) is 26.3 Å². The molecule has 1 heterocycles. The molecule has 0 radical (unpaired) electrons. The molecule has 2 amide bonds. The van der Waals surface area contributed by atoms with Gasteiger partial charge in [-0.25, -0.2) is 8.78 Å². The zero-order chi connectivity index (χ0) is 20.0. The summed E-state index contributed by atoms with van der Waals surface area (Å²) in [4.78, 5) is 28.2. The summed E-state index contributed by atoms with van der Waals surface area (Å²) >= 11 is 1.45. The number of carbonyl (C=O) groups excluding carboxylic acids is 2. The van der Waals surface area contributed by atoms with Gasteiger partial charge in [0, 0.05) is 11.4 Å². The van der Waals surface area contributed by atoms with Gasteiger partial charge in [0.15, 0.2) is 0 Å². The number of aryl methyl sites for hydroxylation is 2. The summed E-state index contributed by atoms with van der Waals surface area (Å²) in [5.74, 6) is -2.60. The molecule has 0 unspecified atom stereocenters. The Morgan fingerprint density at radius 3 is 2.37 bits per heavy atom. The minimum absolute atomic E-state index is 0.247. The molecule has 4 nitrogen and oxygen atoms in total. The van der Waals surface area contributed by atoms with E-state index in [9.17, 15) is 18.4 Å². The molecular weight excluding hydrogens is 370 g/mol. The SMILES string of the molecule is CCCc1sc(C(=O)N(CC)CC(=O)Nc2c(F)cccc2F)cc1CC. The van der Waals surface area contributed by atoms with E-state index in [1.807, 2.05) is 13.0 Å². The maximum absolute atomic E-state index is 13.7. The quantitative estimate of drug-likeness (QED) is 0.709. The predicted octanol–water partition coefficient (Wildman–Crippen LogP) is 4.64. The summed E-state index contributed by atoms with van der Waals surface area (Å²) in [5, 5.41) is 2.22. The maximum atomic E-state index is 13.7. The molecule has 0 bridgehead atoms. The van der Waals surface area contributed by atoms with Gasteiger partial charge in [-0.15, -0.1) is 11.3 Å². The van der Waals surface area contributed by atoms with Crippen molar-refractivity contribution in [2.24, 2.45) is 0 Å². The molecule has 0 fully saturated rings. The van der Waals surface area contributed by atoms with E-state index in [0.717, 1.165) is 37.0 Å². The molecule has 1 aromatic heterocycles. The molecule has 0 saturated heterocycles. The highest BCUT2D eigenvalue weighted by Crippen LogP contribution is 2.26. The van der Waals surface area contributed by atoms with Gasteiger partial charge >= 0.3 is 0 Å². The normalized spacial score (nSPS) is 10.7. The monoisotopic (exact) mass is 394 g/mol. The molecule has 0 saturated carbocycles. The van der Waals surface area contributed by atoms with E-state index in [2.05, 4.69) is 12.2 Å². The molecule has 0 aliphatic carbocycles. The summed E-state index contributed by atoms with van der Waals surface area (Å²) in [6.07, 6.45) is 2.76. The number of thiophene rings is 1. The van der Waals surface area contributed by atoms with Crippen molar-refractivity contribution in [3.05, 3.63) is 51.2 Å². The van der Waals surface area contributed by atoms with Crippen molar-refractivity contribution >= 4 is 28.8 Å². The van der Waals surface area contributed by atoms with Gasteiger partial charge in [0.2, 0.25) is 5.91 Å². The van der Waals surface area contributed by atoms with Crippen LogP contribution < -0.4 is 5.32 Å². The van der Waals surface area contributed by atoms with Crippen LogP contribution in [0.3, 0.4) is 0 Å². The number of carbonyl (C=O) groups is 2. The van der Waals surface area contributed by atoms with Crippen LogP contribution in [0.15, 0.2) is 24.3 Å². The molecule has 27 heavy (non-hydrogen) atoms. The molecule has 0 spiro atoms. The molecule has 7 heteroatoms. The van der Waals surface area contributed by atoms with Crippen molar-refractivity contribution in [3.63, 3.8) is 0 Å². The molecule has 1 aromatic carbocycles. The summed E-state index contributed by atoms with van der Waals surface area (Å²) in [6, 6.07) is 5.23. The lowest BCUT2D eigenvalue weighted by atomic mass is 10.1. The third-order valence-electron chi connectivity index (χ3n) is 4.20. The topological polar surface area (TPSA) is 49.4 Å². The summed E-state index contributed by atoms with van der Waals surface area (Å²) in [5.41, 5.74) is 0.653. The van der Waals surface area contributed by atoms with Gasteiger partial charge in [-0.05, 0) is 43.5 Å². The Balaban J connectivity index is 2.12. The number of benzene rings is 1. The van der Waals surface area contributed by atoms with Gasteiger partial charge in [0.05, 0.1) is 4.88 Å². The number of nitrogens with zero attached hydrogens (tertiary/aromatic N) is 1. The van der Waals surface area contributed by atoms with E-state index >= 15 is 0 Å². The number of amides is 2. The highest BCUT2D eigenvalue weighted by atomic mass is 32.1. The van der Waals surface area contributed by atoms with Crippen molar-refractivity contribution in [2.75, 3.05) is 18.4 Å². The van der Waals surface area contributed by atoms with E-state index < -0.39 is 23.2 Å². The summed E-state index contributed by atoms with van der Waals surface area (Å²) < 4.78 is 27.4. The Kier molecular flexibility index (Phi) is 7.47. The highest BCUT2D eigenvalue weighted by molar-refractivity contribution is 7.14. The molecule has 0 atom stereocenters. The van der Waals surface area contributed by atoms with Crippen molar-refractivity contribution in [3.8, 4) is 0 Å². The Labute approximate surface area is 162 Å². The minimum Gasteiger partial charge on any atom is -0.329 e. The van der Waals surface area contributed by atoms with Crippen LogP contribution >= 0.6 is 11.3 Å². The van der Waals surface area contributed by atoms with Gasteiger partial charge in [0.25, 0.3) is 5.91 Å². The Morgan fingerprint density at radius 2 is 1.81 bits per heavy atom. The zero-order valence-electron chi connectivity index (χ0n) is 15.8. The zero-order valence-corrected chi connectivity index (χ0v) is 16.6. The van der Waals surface area contributed by atoms with Crippen LogP contribution in [0.1, 0.15) is 47.3 Å². The first-order valence-electron chi connectivity index (χ1n) is 9.05. The van der Waals surface area contributed by atoms with E-state index in [4.69, 9.17) is 0 Å². The van der Waals surface area contributed by atoms with Gasteiger partial charge in [-0.2, -0.15) is 0 Å². The number of nitrogens with one attached hydrogen (secondary N) is 1. The van der Waals surface area contributed by atoms with E-state index in [1.165, 1.54) is 27.2 Å². The average Bonchev–Trinajstić information content (AvgIpc) is 3.05. The lowest BCUT2D eigenvalue weighted by Crippen LogP contribution is -2.37. The minimum atomic E-state index is -0.854. The Hall–Kier alpha value is -2.28. The van der Waals surface area contributed by atoms with Crippen molar-refractivity contribution in [2.45, 2.75) is 40.0 Å². The van der Waals surface area contributed by atoms with Crippen molar-refractivity contribution < 1.29 is 18.4 Å². The largest absolute Gasteiger partial charge is 0.329 e. The van der Waals surface area contributed by atoms with Crippen LogP contribution in [0.4, 0.5) is 14.5 Å². The summed E-state index contributed by atoms with van der Waals surface area (Å²) in [6.45, 7) is 5.94. The van der Waals surface area contributed by atoms with Crippen LogP contribution in [0.25, 0.3) is 0 Å². The van der Waals surface area contributed by atoms with Gasteiger partial charge in [0.1, 0.15) is 23.9 Å². The number of likely N-dealkylation sites (N-methyl/N-ethyl adjacent to an activating group) is 1. The van der Waals surface area contributed by atoms with E-state index in [1.54, 1.807) is 6.92 Å². The van der Waals surface area contributed by atoms with Crippen LogP contribution in [0.2, 0.25) is 0 Å². The Bertz CT molecular complexity index is 800. The fourth-order valence-corrected chi connectivity index (χ4v) is 4.09. The van der Waals surface area contributed by atoms with Crippen molar-refractivity contribution in [1.82, 2.24) is 4.90 Å². The number of para-hydroxylation sites is 1. The standard InChI is InChI=1S/C20H24F2N2O2S/c1-4-8-16-13(5-2)11-17(27-16)20(26)24(6-3)12-18(25)23-19-14(21)9-7-10-15(19)22/h7,9-11H,4-6,8,12H2,1-3H3,(H,23,25). The highest BCUT2D eigenvalue weighted by Gasteiger charge is 2.22. The van der Waals surface area contributed by atoms with Crippen LogP contribution in [-0.2, 0) is 17.6 Å². The van der Waals surface area contributed by atoms with Crippen LogP contribution in [0, 0.1) is 11.6 Å². The lowest BCUT2D eigenvalue weighted by molar-refractivity contribution is -0.116. The lowest BCUT2D eigenvalue weighted by Gasteiger charge is -2.19. The first-order chi connectivity index (χ1) is 12.9. The first kappa shape index (κ1) is 21.0. The molecule has 146 valence electrons. The molecule has 2 aromatic rings. The average molecular weight is 394 g/mol. The second kappa shape index (κ2) is 9.60. The number of hydrogen-bond donors (Lipinski definition) is 1. The van der Waals surface area contributed by atoms with Gasteiger partial charge in [-0.3, -0.25) is 9.59 Å². The third-order valence-corrected chi connectivity index (χ3v) is 5.42.